The van der Waals surface area contributed by atoms with Crippen LogP contribution < -0.4 is 5.32 Å². The Kier molecular flexibility index (Phi) is 3.78. The van der Waals surface area contributed by atoms with Crippen LogP contribution in [0.5, 0.6) is 0 Å². The van der Waals surface area contributed by atoms with E-state index in [0.717, 1.165) is 24.1 Å². The van der Waals surface area contributed by atoms with E-state index in [0.29, 0.717) is 18.3 Å². The molecular formula is C17H19NO3. The number of benzene rings is 1. The van der Waals surface area contributed by atoms with Crippen molar-refractivity contribution in [3.63, 3.8) is 0 Å². The fourth-order valence-corrected chi connectivity index (χ4v) is 3.41. The largest absolute Gasteiger partial charge is 0.481 e. The summed E-state index contributed by atoms with van der Waals surface area (Å²) in [5, 5.41) is 11.8. The van der Waals surface area contributed by atoms with Gasteiger partial charge in [-0.1, -0.05) is 30.4 Å². The number of carboxylic acid groups (broad SMARTS) is 1. The van der Waals surface area contributed by atoms with E-state index >= 15 is 0 Å². The van der Waals surface area contributed by atoms with Crippen LogP contribution in [0.25, 0.3) is 0 Å². The van der Waals surface area contributed by atoms with Crippen molar-refractivity contribution in [2.75, 3.05) is 5.32 Å². The molecule has 2 bridgehead atoms. The van der Waals surface area contributed by atoms with E-state index < -0.39 is 5.97 Å². The first kappa shape index (κ1) is 13.9. The van der Waals surface area contributed by atoms with Crippen LogP contribution in [-0.2, 0) is 16.0 Å². The third-order valence-electron chi connectivity index (χ3n) is 4.50. The van der Waals surface area contributed by atoms with Gasteiger partial charge in [-0.15, -0.1) is 0 Å². The van der Waals surface area contributed by atoms with Gasteiger partial charge < -0.3 is 10.4 Å². The molecular weight excluding hydrogens is 266 g/mol. The summed E-state index contributed by atoms with van der Waals surface area (Å²) in [7, 11) is 0. The summed E-state index contributed by atoms with van der Waals surface area (Å²) >= 11 is 0. The van der Waals surface area contributed by atoms with Gasteiger partial charge in [0.1, 0.15) is 0 Å². The maximum atomic E-state index is 12.4. The second kappa shape index (κ2) is 5.72. The van der Waals surface area contributed by atoms with Crippen LogP contribution in [0.15, 0.2) is 36.4 Å². The fraction of sp³-hybridized carbons (Fsp3) is 0.412. The predicted molar refractivity (Wildman–Crippen MR) is 79.9 cm³/mol. The summed E-state index contributed by atoms with van der Waals surface area (Å²) in [6.07, 6.45) is 6.92. The number of carboxylic acids is 1. The molecule has 2 aliphatic carbocycles. The number of amides is 1. The molecule has 3 atom stereocenters. The molecule has 1 fully saturated rings. The van der Waals surface area contributed by atoms with Gasteiger partial charge >= 0.3 is 5.97 Å². The molecule has 4 heteroatoms. The van der Waals surface area contributed by atoms with Gasteiger partial charge in [-0.3, -0.25) is 9.59 Å². The number of para-hydroxylation sites is 1. The normalized spacial score (nSPS) is 26.0. The van der Waals surface area contributed by atoms with Crippen LogP contribution in [0.2, 0.25) is 0 Å². The molecule has 4 nitrogen and oxygen atoms in total. The Labute approximate surface area is 123 Å². The molecule has 0 spiro atoms. The van der Waals surface area contributed by atoms with Crippen molar-refractivity contribution >= 4 is 17.6 Å². The monoisotopic (exact) mass is 285 g/mol. The van der Waals surface area contributed by atoms with Gasteiger partial charge in [-0.25, -0.2) is 0 Å². The molecule has 21 heavy (non-hydrogen) atoms. The van der Waals surface area contributed by atoms with Crippen LogP contribution in [-0.4, -0.2) is 17.0 Å². The zero-order valence-corrected chi connectivity index (χ0v) is 11.8. The lowest BCUT2D eigenvalue weighted by Crippen LogP contribution is -2.26. The van der Waals surface area contributed by atoms with Crippen LogP contribution in [0.3, 0.4) is 0 Å². The highest BCUT2D eigenvalue weighted by Crippen LogP contribution is 2.43. The van der Waals surface area contributed by atoms with Crippen molar-refractivity contribution in [1.82, 2.24) is 0 Å². The van der Waals surface area contributed by atoms with E-state index in [2.05, 4.69) is 17.5 Å². The highest BCUT2D eigenvalue weighted by atomic mass is 16.4. The van der Waals surface area contributed by atoms with E-state index in [1.807, 2.05) is 24.3 Å². The number of allylic oxidation sites excluding steroid dienone is 2. The summed E-state index contributed by atoms with van der Waals surface area (Å²) in [5.74, 6) is 0.241. The Bertz CT molecular complexity index is 593. The van der Waals surface area contributed by atoms with Gasteiger partial charge in [0.15, 0.2) is 0 Å². The lowest BCUT2D eigenvalue weighted by molar-refractivity contribution is -0.137. The standard InChI is InChI=1S/C17H19NO3/c19-16(20)8-7-12-3-1-2-4-15(12)18-17(21)14-10-11-5-6-13(14)9-11/h1-6,11,13-14H,7-10H2,(H,18,21)(H,19,20). The topological polar surface area (TPSA) is 66.4 Å². The Morgan fingerprint density at radius 3 is 2.67 bits per heavy atom. The zero-order chi connectivity index (χ0) is 14.8. The van der Waals surface area contributed by atoms with Crippen LogP contribution in [0, 0.1) is 17.8 Å². The first-order chi connectivity index (χ1) is 10.1. The number of hydrogen-bond donors (Lipinski definition) is 2. The Morgan fingerprint density at radius 1 is 1.19 bits per heavy atom. The highest BCUT2D eigenvalue weighted by Gasteiger charge is 2.39. The molecule has 1 aromatic carbocycles. The third kappa shape index (κ3) is 2.99. The summed E-state index contributed by atoms with van der Waals surface area (Å²) in [4.78, 5) is 23.1. The molecule has 1 aromatic rings. The Balaban J connectivity index is 1.68. The Hall–Kier alpha value is -2.10. The number of nitrogens with one attached hydrogen (secondary N) is 1. The second-order valence-electron chi connectivity index (χ2n) is 5.93. The molecule has 3 rings (SSSR count). The van der Waals surface area contributed by atoms with Gasteiger partial charge in [0.2, 0.25) is 5.91 Å². The summed E-state index contributed by atoms with van der Waals surface area (Å²) in [5.41, 5.74) is 1.63. The fourth-order valence-electron chi connectivity index (χ4n) is 3.41. The molecule has 3 unspecified atom stereocenters. The SMILES string of the molecule is O=C(O)CCc1ccccc1NC(=O)C1CC2C=CC1C2. The molecule has 2 N–H and O–H groups in total. The van der Waals surface area contributed by atoms with Gasteiger partial charge in [-0.05, 0) is 42.7 Å². The average Bonchev–Trinajstić information content (AvgIpc) is 3.09. The Morgan fingerprint density at radius 2 is 2.00 bits per heavy atom. The van der Waals surface area contributed by atoms with Crippen LogP contribution in [0.1, 0.15) is 24.8 Å². The van der Waals surface area contributed by atoms with Crippen LogP contribution >= 0.6 is 0 Å². The third-order valence-corrected chi connectivity index (χ3v) is 4.50. The number of hydrogen-bond acceptors (Lipinski definition) is 2. The highest BCUT2D eigenvalue weighted by molar-refractivity contribution is 5.94. The van der Waals surface area contributed by atoms with Gasteiger partial charge in [0.05, 0.1) is 0 Å². The van der Waals surface area contributed by atoms with Crippen LogP contribution in [0.4, 0.5) is 5.69 Å². The molecule has 1 saturated carbocycles. The molecule has 0 heterocycles. The van der Waals surface area contributed by atoms with E-state index in [9.17, 15) is 9.59 Å². The van der Waals surface area contributed by atoms with Crippen molar-refractivity contribution in [3.8, 4) is 0 Å². The molecule has 110 valence electrons. The van der Waals surface area contributed by atoms with E-state index in [1.165, 1.54) is 0 Å². The smallest absolute Gasteiger partial charge is 0.303 e. The molecule has 1 amide bonds. The lowest BCUT2D eigenvalue weighted by atomic mass is 9.92. The summed E-state index contributed by atoms with van der Waals surface area (Å²) in [6, 6.07) is 7.45. The maximum absolute atomic E-state index is 12.4. The van der Waals surface area contributed by atoms with E-state index in [1.54, 1.807) is 0 Å². The summed E-state index contributed by atoms with van der Waals surface area (Å²) < 4.78 is 0. The van der Waals surface area contributed by atoms with Crippen molar-refractivity contribution < 1.29 is 14.7 Å². The maximum Gasteiger partial charge on any atom is 0.303 e. The van der Waals surface area contributed by atoms with Crippen molar-refractivity contribution in [2.45, 2.75) is 25.7 Å². The molecule has 0 aliphatic heterocycles. The lowest BCUT2D eigenvalue weighted by Gasteiger charge is -2.19. The average molecular weight is 285 g/mol. The minimum absolute atomic E-state index is 0.0625. The molecule has 0 saturated heterocycles. The number of anilines is 1. The number of carbonyl (C=O) groups excluding carboxylic acids is 1. The number of rotatable bonds is 5. The minimum Gasteiger partial charge on any atom is -0.481 e. The first-order valence-corrected chi connectivity index (χ1v) is 7.42. The number of fused-ring (bicyclic) bond motifs is 2. The molecule has 0 aromatic heterocycles. The van der Waals surface area contributed by atoms with Crippen molar-refractivity contribution in [3.05, 3.63) is 42.0 Å². The molecule has 2 aliphatic rings. The number of aryl methyl sites for hydroxylation is 1. The van der Waals surface area contributed by atoms with E-state index in [4.69, 9.17) is 5.11 Å². The number of aliphatic carboxylic acids is 1. The minimum atomic E-state index is -0.825. The van der Waals surface area contributed by atoms with Crippen molar-refractivity contribution in [2.24, 2.45) is 17.8 Å². The second-order valence-corrected chi connectivity index (χ2v) is 5.93. The molecule has 0 radical (unpaired) electrons. The van der Waals surface area contributed by atoms with Gasteiger partial charge in [-0.2, -0.15) is 0 Å². The zero-order valence-electron chi connectivity index (χ0n) is 11.8. The predicted octanol–water partition coefficient (Wildman–Crippen LogP) is 2.85. The van der Waals surface area contributed by atoms with Crippen molar-refractivity contribution in [1.29, 1.82) is 0 Å². The number of carbonyl (C=O) groups is 2. The summed E-state index contributed by atoms with van der Waals surface area (Å²) in [6.45, 7) is 0. The van der Waals surface area contributed by atoms with E-state index in [-0.39, 0.29) is 18.2 Å². The first-order valence-electron chi connectivity index (χ1n) is 7.42. The quantitative estimate of drug-likeness (QED) is 0.817. The van der Waals surface area contributed by atoms with Gasteiger partial charge in [0, 0.05) is 18.0 Å². The van der Waals surface area contributed by atoms with Gasteiger partial charge in [0.25, 0.3) is 0 Å².